The van der Waals surface area contributed by atoms with E-state index in [9.17, 15) is 19.5 Å². The van der Waals surface area contributed by atoms with Crippen LogP contribution in [0.25, 0.3) is 0 Å². The Kier molecular flexibility index (Phi) is 13.5. The number of amides is 3. The minimum atomic E-state index is -1.19. The molecule has 0 saturated carbocycles. The van der Waals surface area contributed by atoms with E-state index in [4.69, 9.17) is 9.47 Å². The number of benzene rings is 4. The van der Waals surface area contributed by atoms with Crippen LogP contribution < -0.4 is 25.0 Å². The number of ether oxygens (including phenoxy) is 2. The average Bonchev–Trinajstić information content (AvgIpc) is 3.89. The molecular weight excluding hydrogens is 810 g/mol. The fraction of sp³-hybridized carbons (Fsp3) is 0.426. The van der Waals surface area contributed by atoms with Crippen LogP contribution in [-0.2, 0) is 21.5 Å². The number of hydrogen-bond donors (Lipinski definition) is 3. The second kappa shape index (κ2) is 18.4. The van der Waals surface area contributed by atoms with Crippen molar-refractivity contribution >= 4 is 50.9 Å². The van der Waals surface area contributed by atoms with Gasteiger partial charge in [-0.05, 0) is 102 Å². The Morgan fingerprint density at radius 3 is 2.14 bits per heavy atom. The summed E-state index contributed by atoms with van der Waals surface area (Å²) < 4.78 is 12.1. The maximum absolute atomic E-state index is 14.4. The molecule has 2 aliphatic rings. The molecule has 2 unspecified atom stereocenters. The molecule has 0 bridgehead atoms. The van der Waals surface area contributed by atoms with Crippen LogP contribution in [0.4, 0.5) is 21.9 Å². The summed E-state index contributed by atoms with van der Waals surface area (Å²) in [6.45, 7) is 11.1. The second-order valence-corrected chi connectivity index (χ2v) is 17.9. The number of halogens is 1. The van der Waals surface area contributed by atoms with Gasteiger partial charge in [-0.3, -0.25) is 14.5 Å². The van der Waals surface area contributed by atoms with Crippen molar-refractivity contribution in [2.75, 3.05) is 43.3 Å². The summed E-state index contributed by atoms with van der Waals surface area (Å²) in [5.41, 5.74) is 6.90. The summed E-state index contributed by atoms with van der Waals surface area (Å²) in [6, 6.07) is 27.8. The first-order chi connectivity index (χ1) is 28.1. The Hall–Kier alpha value is -5.23. The normalized spacial score (nSPS) is 18.4. The fourth-order valence-electron chi connectivity index (χ4n) is 8.57. The molecule has 0 radical (unpaired) electrons. The van der Waals surface area contributed by atoms with Gasteiger partial charge in [0.1, 0.15) is 23.6 Å². The number of anilines is 3. The van der Waals surface area contributed by atoms with Gasteiger partial charge in [0, 0.05) is 41.9 Å². The van der Waals surface area contributed by atoms with E-state index in [0.29, 0.717) is 48.8 Å². The molecule has 4 atom stereocenters. The lowest BCUT2D eigenvalue weighted by Gasteiger charge is -2.34. The zero-order valence-corrected chi connectivity index (χ0v) is 37.0. The van der Waals surface area contributed by atoms with Gasteiger partial charge in [0.25, 0.3) is 0 Å². The maximum Gasteiger partial charge on any atom is 0.407 e. The molecule has 6 rings (SSSR count). The Labute approximate surface area is 357 Å². The van der Waals surface area contributed by atoms with Gasteiger partial charge in [-0.15, -0.1) is 0 Å². The average molecular weight is 869 g/mol. The molecule has 2 aliphatic heterocycles. The lowest BCUT2D eigenvalue weighted by atomic mass is 9.87. The van der Waals surface area contributed by atoms with Crippen molar-refractivity contribution in [1.82, 2.24) is 9.80 Å². The van der Waals surface area contributed by atoms with Crippen molar-refractivity contribution in [3.05, 3.63) is 112 Å². The highest BCUT2D eigenvalue weighted by atomic mass is 79.9. The molecule has 2 heterocycles. The van der Waals surface area contributed by atoms with Crippen LogP contribution in [0.2, 0.25) is 0 Å². The van der Waals surface area contributed by atoms with Crippen molar-refractivity contribution in [2.45, 2.75) is 96.4 Å². The molecule has 12 heteroatoms. The van der Waals surface area contributed by atoms with Crippen molar-refractivity contribution in [3.8, 4) is 11.5 Å². The predicted molar refractivity (Wildman–Crippen MR) is 238 cm³/mol. The van der Waals surface area contributed by atoms with E-state index < -0.39 is 18.2 Å². The van der Waals surface area contributed by atoms with Gasteiger partial charge >= 0.3 is 6.09 Å². The minimum absolute atomic E-state index is 0.00145. The molecule has 2 fully saturated rings. The quantitative estimate of drug-likeness (QED) is 0.121. The molecule has 2 saturated heterocycles. The van der Waals surface area contributed by atoms with Gasteiger partial charge in [-0.1, -0.05) is 80.9 Å². The number of carboxylic acid groups (broad SMARTS) is 1. The lowest BCUT2D eigenvalue weighted by molar-refractivity contribution is -0.141. The number of nitrogens with one attached hydrogen (secondary N) is 2. The number of carbonyl (C=O) groups excluding carboxylic acids is 2. The molecule has 0 aromatic heterocycles. The number of hydrogen-bond acceptors (Lipinski definition) is 7. The first kappa shape index (κ1) is 43.4. The Morgan fingerprint density at radius 2 is 1.53 bits per heavy atom. The number of methoxy groups -OCH3 is 2. The van der Waals surface area contributed by atoms with Crippen LogP contribution in [-0.4, -0.2) is 72.7 Å². The van der Waals surface area contributed by atoms with Crippen LogP contribution in [0.15, 0.2) is 89.4 Å². The maximum atomic E-state index is 14.4. The van der Waals surface area contributed by atoms with Crippen LogP contribution in [0, 0.1) is 5.92 Å². The van der Waals surface area contributed by atoms with E-state index in [1.807, 2.05) is 38.1 Å². The number of likely N-dealkylation sites (tertiary alicyclic amines) is 1. The highest BCUT2D eigenvalue weighted by Gasteiger charge is 2.41. The summed E-state index contributed by atoms with van der Waals surface area (Å²) in [6.07, 6.45) is 1.75. The zero-order valence-electron chi connectivity index (χ0n) is 35.4. The van der Waals surface area contributed by atoms with Crippen LogP contribution in [0.5, 0.6) is 11.5 Å². The van der Waals surface area contributed by atoms with Gasteiger partial charge in [0.15, 0.2) is 0 Å². The monoisotopic (exact) mass is 867 g/mol. The highest BCUT2D eigenvalue weighted by molar-refractivity contribution is 9.10. The molecule has 11 nitrogen and oxygen atoms in total. The molecular formula is C47H58BrN5O6. The van der Waals surface area contributed by atoms with Crippen LogP contribution in [0.3, 0.4) is 0 Å². The summed E-state index contributed by atoms with van der Waals surface area (Å²) in [7, 11) is 4.64. The van der Waals surface area contributed by atoms with Gasteiger partial charge < -0.3 is 35.0 Å². The van der Waals surface area contributed by atoms with E-state index in [2.05, 4.69) is 113 Å². The van der Waals surface area contributed by atoms with E-state index in [0.717, 1.165) is 39.0 Å². The number of nitrogens with zero attached hydrogens (tertiary/aromatic N) is 3. The van der Waals surface area contributed by atoms with E-state index in [-0.39, 0.29) is 35.2 Å². The molecule has 59 heavy (non-hydrogen) atoms. The van der Waals surface area contributed by atoms with E-state index in [1.54, 1.807) is 19.1 Å². The van der Waals surface area contributed by atoms with Crippen molar-refractivity contribution in [3.63, 3.8) is 0 Å². The lowest BCUT2D eigenvalue weighted by Crippen LogP contribution is -2.54. The number of rotatable bonds is 13. The van der Waals surface area contributed by atoms with Gasteiger partial charge in [-0.2, -0.15) is 0 Å². The smallest absolute Gasteiger partial charge is 0.407 e. The van der Waals surface area contributed by atoms with Crippen molar-refractivity contribution in [2.24, 2.45) is 5.92 Å². The molecule has 3 N–H and O–H groups in total. The molecule has 4 aromatic carbocycles. The first-order valence-electron chi connectivity index (χ1n) is 20.4. The molecule has 4 aromatic rings. The third kappa shape index (κ3) is 9.64. The molecule has 0 spiro atoms. The summed E-state index contributed by atoms with van der Waals surface area (Å²) in [4.78, 5) is 45.5. The standard InChI is InChI=1S/C47H58BrN5O6/c1-29(2)43(51(6)46(56)57)45(55)52-25-9-10-41(52)44(54)50-38-26-31(14-22-37(38)49-28-32-13-21-36(58-7)27-42(32)59-8)40-24-23-39(30-11-17-34(48)18-12-30)53(40)35-19-15-33(16-20-35)47(3,4)5/h11-22,26-27,29,39-41,43,49H,9-10,23-25,28H2,1-8H3,(H,50,54)(H,56,57)/t39?,40?,41-,43-/m0/s1. The van der Waals surface area contributed by atoms with Gasteiger partial charge in [0.05, 0.1) is 37.7 Å². The third-order valence-corrected chi connectivity index (χ3v) is 12.3. The SMILES string of the molecule is COc1ccc(CNc2ccc(C3CCC(c4ccc(Br)cc4)N3c3ccc(C(C)(C)C)cc3)cc2NC(=O)[C@@H]2CCCN2C(=O)[C@H](C(C)C)N(C)C(=O)O)c(OC)c1. The zero-order chi connectivity index (χ0) is 42.6. The van der Waals surface area contributed by atoms with Crippen molar-refractivity contribution < 1.29 is 29.0 Å². The predicted octanol–water partition coefficient (Wildman–Crippen LogP) is 10.0. The van der Waals surface area contributed by atoms with E-state index in [1.165, 1.54) is 18.2 Å². The van der Waals surface area contributed by atoms with Crippen LogP contribution in [0.1, 0.15) is 94.6 Å². The third-order valence-electron chi connectivity index (χ3n) is 11.8. The Balaban J connectivity index is 1.37. The molecule has 0 aliphatic carbocycles. The summed E-state index contributed by atoms with van der Waals surface area (Å²) in [5, 5.41) is 16.6. The fourth-order valence-corrected chi connectivity index (χ4v) is 8.83. The van der Waals surface area contributed by atoms with Gasteiger partial charge in [-0.25, -0.2) is 4.79 Å². The first-order valence-corrected chi connectivity index (χ1v) is 21.2. The Bertz CT molecular complexity index is 2120. The second-order valence-electron chi connectivity index (χ2n) is 17.0. The van der Waals surface area contributed by atoms with E-state index >= 15 is 0 Å². The summed E-state index contributed by atoms with van der Waals surface area (Å²) in [5.74, 6) is 0.397. The van der Waals surface area contributed by atoms with Gasteiger partial charge in [0.2, 0.25) is 11.8 Å². The number of likely N-dealkylation sites (N-methyl/N-ethyl adjacent to an activating group) is 1. The topological polar surface area (TPSA) is 124 Å². The molecule has 314 valence electrons. The summed E-state index contributed by atoms with van der Waals surface area (Å²) >= 11 is 3.61. The van der Waals surface area contributed by atoms with Crippen LogP contribution >= 0.6 is 15.9 Å². The minimum Gasteiger partial charge on any atom is -0.497 e. The highest BCUT2D eigenvalue weighted by Crippen LogP contribution is 2.48. The Morgan fingerprint density at radius 1 is 0.864 bits per heavy atom. The molecule has 3 amide bonds. The number of carbonyl (C=O) groups is 3. The van der Waals surface area contributed by atoms with Crippen molar-refractivity contribution in [1.29, 1.82) is 0 Å². The largest absolute Gasteiger partial charge is 0.497 e.